The molecule has 1 atom stereocenters. The molecule has 0 bridgehead atoms. The van der Waals surface area contributed by atoms with Gasteiger partial charge in [-0.25, -0.2) is 8.78 Å². The van der Waals surface area contributed by atoms with E-state index in [4.69, 9.17) is 9.47 Å². The Bertz CT molecular complexity index is 869. The fourth-order valence-electron chi connectivity index (χ4n) is 3.41. The molecule has 1 saturated heterocycles. The molecule has 2 aromatic carbocycles. The molecule has 0 aromatic heterocycles. The van der Waals surface area contributed by atoms with Crippen LogP contribution in [0.4, 0.5) is 8.78 Å². The van der Waals surface area contributed by atoms with E-state index < -0.39 is 17.2 Å². The third kappa shape index (κ3) is 3.23. The minimum Gasteiger partial charge on any atom is -0.454 e. The molecule has 2 aromatic rings. The van der Waals surface area contributed by atoms with Gasteiger partial charge in [-0.3, -0.25) is 9.69 Å². The molecule has 1 unspecified atom stereocenters. The minimum absolute atomic E-state index is 0.00741. The van der Waals surface area contributed by atoms with Gasteiger partial charge in [0.1, 0.15) is 11.6 Å². The molecule has 7 heteroatoms. The first kappa shape index (κ1) is 17.7. The number of carbonyl (C=O) groups is 1. The van der Waals surface area contributed by atoms with Gasteiger partial charge in [0.25, 0.3) is 0 Å². The third-order valence-electron chi connectivity index (χ3n) is 5.36. The number of amides is 1. The Balaban J connectivity index is 1.40. The van der Waals surface area contributed by atoms with Gasteiger partial charge < -0.3 is 14.8 Å². The van der Waals surface area contributed by atoms with E-state index >= 15 is 0 Å². The van der Waals surface area contributed by atoms with Crippen molar-refractivity contribution < 1.29 is 23.0 Å². The Hall–Kier alpha value is -2.67. The average molecular weight is 374 g/mol. The van der Waals surface area contributed by atoms with Crippen LogP contribution in [-0.4, -0.2) is 29.7 Å². The molecule has 4 rings (SSSR count). The molecule has 1 amide bonds. The molecule has 27 heavy (non-hydrogen) atoms. The van der Waals surface area contributed by atoms with Gasteiger partial charge in [-0.15, -0.1) is 0 Å². The summed E-state index contributed by atoms with van der Waals surface area (Å²) < 4.78 is 38.4. The normalized spacial score (nSPS) is 21.0. The van der Waals surface area contributed by atoms with Crippen molar-refractivity contribution in [3.05, 3.63) is 59.2 Å². The number of benzene rings is 2. The zero-order valence-corrected chi connectivity index (χ0v) is 14.9. The van der Waals surface area contributed by atoms with Crippen molar-refractivity contribution in [2.24, 2.45) is 0 Å². The highest BCUT2D eigenvalue weighted by Gasteiger charge is 2.46. The first-order valence-corrected chi connectivity index (χ1v) is 8.82. The molecular formula is C20H20F2N2O3. The van der Waals surface area contributed by atoms with Gasteiger partial charge in [0.2, 0.25) is 12.7 Å². The first-order chi connectivity index (χ1) is 13.0. The van der Waals surface area contributed by atoms with Crippen LogP contribution in [0.5, 0.6) is 11.5 Å². The molecule has 142 valence electrons. The number of carbonyl (C=O) groups excluding carboxylic acids is 1. The Morgan fingerprint density at radius 3 is 2.63 bits per heavy atom. The SMILES string of the molecule is CC1(C(=O)NCc2ccc3c(c2)OCO3)CCN1Cc1c(F)cccc1F. The number of hydrogen-bond donors (Lipinski definition) is 1. The Labute approximate surface area is 155 Å². The van der Waals surface area contributed by atoms with Gasteiger partial charge in [-0.1, -0.05) is 12.1 Å². The number of nitrogens with one attached hydrogen (secondary N) is 1. The Morgan fingerprint density at radius 2 is 1.93 bits per heavy atom. The van der Waals surface area contributed by atoms with E-state index in [1.54, 1.807) is 11.8 Å². The summed E-state index contributed by atoms with van der Waals surface area (Å²) in [5, 5.41) is 2.91. The molecule has 1 fully saturated rings. The molecule has 0 spiro atoms. The van der Waals surface area contributed by atoms with E-state index in [9.17, 15) is 13.6 Å². The second-order valence-electron chi connectivity index (χ2n) is 7.02. The average Bonchev–Trinajstić information content (AvgIpc) is 3.12. The van der Waals surface area contributed by atoms with Crippen molar-refractivity contribution in [1.29, 1.82) is 0 Å². The second-order valence-corrected chi connectivity index (χ2v) is 7.02. The summed E-state index contributed by atoms with van der Waals surface area (Å²) in [4.78, 5) is 14.5. The predicted molar refractivity (Wildman–Crippen MR) is 94.2 cm³/mol. The molecule has 2 aliphatic rings. The number of halogens is 2. The maximum absolute atomic E-state index is 13.9. The number of rotatable bonds is 5. The standard InChI is InChI=1S/C20H20F2N2O3/c1-20(7-8-24(20)11-14-15(21)3-2-4-16(14)22)19(25)23-10-13-5-6-17-18(9-13)27-12-26-17/h2-6,9H,7-8,10-12H2,1H3,(H,23,25). The summed E-state index contributed by atoms with van der Waals surface area (Å²) in [5.41, 5.74) is 0.0969. The first-order valence-electron chi connectivity index (χ1n) is 8.82. The largest absolute Gasteiger partial charge is 0.454 e. The van der Waals surface area contributed by atoms with Crippen LogP contribution in [0.15, 0.2) is 36.4 Å². The summed E-state index contributed by atoms with van der Waals surface area (Å²) in [6.45, 7) is 3.01. The van der Waals surface area contributed by atoms with E-state index in [1.165, 1.54) is 18.2 Å². The van der Waals surface area contributed by atoms with Crippen molar-refractivity contribution in [1.82, 2.24) is 10.2 Å². The van der Waals surface area contributed by atoms with Crippen molar-refractivity contribution in [3.63, 3.8) is 0 Å². The van der Waals surface area contributed by atoms with Crippen molar-refractivity contribution in [2.45, 2.75) is 32.0 Å². The molecule has 0 aliphatic carbocycles. The van der Waals surface area contributed by atoms with Crippen molar-refractivity contribution in [3.8, 4) is 11.5 Å². The lowest BCUT2D eigenvalue weighted by atomic mass is 9.85. The number of ether oxygens (including phenoxy) is 2. The van der Waals surface area contributed by atoms with Crippen molar-refractivity contribution >= 4 is 5.91 Å². The third-order valence-corrected chi connectivity index (χ3v) is 5.36. The monoisotopic (exact) mass is 374 g/mol. The minimum atomic E-state index is -0.787. The lowest BCUT2D eigenvalue weighted by molar-refractivity contribution is -0.142. The van der Waals surface area contributed by atoms with Crippen LogP contribution in [0.25, 0.3) is 0 Å². The van der Waals surface area contributed by atoms with Gasteiger partial charge in [0, 0.05) is 25.2 Å². The zero-order valence-electron chi connectivity index (χ0n) is 14.9. The quantitative estimate of drug-likeness (QED) is 0.874. The van der Waals surface area contributed by atoms with E-state index in [2.05, 4.69) is 5.32 Å². The molecule has 0 saturated carbocycles. The lowest BCUT2D eigenvalue weighted by Gasteiger charge is -2.49. The fraction of sp³-hybridized carbons (Fsp3) is 0.350. The summed E-state index contributed by atoms with van der Waals surface area (Å²) in [7, 11) is 0. The lowest BCUT2D eigenvalue weighted by Crippen LogP contribution is -2.65. The van der Waals surface area contributed by atoms with E-state index in [1.807, 2.05) is 18.2 Å². The number of fused-ring (bicyclic) bond motifs is 1. The van der Waals surface area contributed by atoms with Gasteiger partial charge in [-0.2, -0.15) is 0 Å². The molecule has 0 radical (unpaired) electrons. The van der Waals surface area contributed by atoms with Crippen LogP contribution in [0.2, 0.25) is 0 Å². The van der Waals surface area contributed by atoms with Crippen LogP contribution < -0.4 is 14.8 Å². The smallest absolute Gasteiger partial charge is 0.240 e. The van der Waals surface area contributed by atoms with Gasteiger partial charge >= 0.3 is 0 Å². The number of nitrogens with zero attached hydrogens (tertiary/aromatic N) is 1. The Morgan fingerprint density at radius 1 is 1.19 bits per heavy atom. The fourth-order valence-corrected chi connectivity index (χ4v) is 3.41. The predicted octanol–water partition coefficient (Wildman–Crippen LogP) is 2.97. The second kappa shape index (κ2) is 6.81. The van der Waals surface area contributed by atoms with Crippen LogP contribution >= 0.6 is 0 Å². The van der Waals surface area contributed by atoms with Crippen LogP contribution in [0.3, 0.4) is 0 Å². The van der Waals surface area contributed by atoms with Gasteiger partial charge in [-0.05, 0) is 43.2 Å². The maximum atomic E-state index is 13.9. The highest BCUT2D eigenvalue weighted by molar-refractivity contribution is 5.86. The highest BCUT2D eigenvalue weighted by atomic mass is 19.1. The summed E-state index contributed by atoms with van der Waals surface area (Å²) >= 11 is 0. The molecule has 1 N–H and O–H groups in total. The number of likely N-dealkylation sites (tertiary alicyclic amines) is 1. The maximum Gasteiger partial charge on any atom is 0.240 e. The molecule has 2 heterocycles. The topological polar surface area (TPSA) is 50.8 Å². The van der Waals surface area contributed by atoms with Gasteiger partial charge in [0.05, 0.1) is 5.54 Å². The van der Waals surface area contributed by atoms with Crippen molar-refractivity contribution in [2.75, 3.05) is 13.3 Å². The van der Waals surface area contributed by atoms with E-state index in [0.717, 1.165) is 5.56 Å². The van der Waals surface area contributed by atoms with E-state index in [-0.39, 0.29) is 24.8 Å². The molecule has 5 nitrogen and oxygen atoms in total. The molecule has 2 aliphatic heterocycles. The summed E-state index contributed by atoms with van der Waals surface area (Å²) in [6, 6.07) is 9.30. The van der Waals surface area contributed by atoms with Gasteiger partial charge in [0.15, 0.2) is 11.5 Å². The van der Waals surface area contributed by atoms with Crippen LogP contribution in [0.1, 0.15) is 24.5 Å². The number of hydrogen-bond acceptors (Lipinski definition) is 4. The summed E-state index contributed by atoms with van der Waals surface area (Å²) in [6.07, 6.45) is 0.635. The summed E-state index contributed by atoms with van der Waals surface area (Å²) in [5.74, 6) is 0.000538. The van der Waals surface area contributed by atoms with E-state index in [0.29, 0.717) is 31.0 Å². The van der Waals surface area contributed by atoms with Crippen LogP contribution in [-0.2, 0) is 17.9 Å². The highest BCUT2D eigenvalue weighted by Crippen LogP contribution is 2.34. The van der Waals surface area contributed by atoms with Crippen LogP contribution in [0, 0.1) is 11.6 Å². The zero-order chi connectivity index (χ0) is 19.0. The Kier molecular flexibility index (Phi) is 4.47. The molecular weight excluding hydrogens is 354 g/mol.